The van der Waals surface area contributed by atoms with Crippen molar-refractivity contribution in [2.45, 2.75) is 58.5 Å². The second-order valence-corrected chi connectivity index (χ2v) is 9.81. The van der Waals surface area contributed by atoms with Gasteiger partial charge in [-0.1, -0.05) is 23.8 Å². The second kappa shape index (κ2) is 10.1. The summed E-state index contributed by atoms with van der Waals surface area (Å²) in [5, 5.41) is 2.92. The SMILES string of the molecule is Cc1ccc(NS(=O)(=O)c2ccc(C)c(C(=O)NCCN(C(C)C)C(C)C)c2)cc1. The minimum atomic E-state index is -3.79. The molecule has 0 fully saturated rings. The highest BCUT2D eigenvalue weighted by Gasteiger charge is 2.19. The molecule has 30 heavy (non-hydrogen) atoms. The lowest BCUT2D eigenvalue weighted by molar-refractivity contribution is 0.0938. The first-order valence-corrected chi connectivity index (χ1v) is 11.7. The fourth-order valence-electron chi connectivity index (χ4n) is 3.36. The average Bonchev–Trinajstić information content (AvgIpc) is 2.66. The van der Waals surface area contributed by atoms with Gasteiger partial charge < -0.3 is 5.32 Å². The van der Waals surface area contributed by atoms with Crippen molar-refractivity contribution in [2.24, 2.45) is 0 Å². The Kier molecular flexibility index (Phi) is 8.03. The van der Waals surface area contributed by atoms with Gasteiger partial charge in [-0.05, 0) is 71.4 Å². The normalized spacial score (nSPS) is 11.9. The molecule has 0 aliphatic heterocycles. The van der Waals surface area contributed by atoms with Gasteiger partial charge in [-0.25, -0.2) is 8.42 Å². The van der Waals surface area contributed by atoms with Crippen LogP contribution >= 0.6 is 0 Å². The number of benzene rings is 2. The summed E-state index contributed by atoms with van der Waals surface area (Å²) in [5.41, 5.74) is 2.61. The van der Waals surface area contributed by atoms with Gasteiger partial charge in [0, 0.05) is 36.4 Å². The topological polar surface area (TPSA) is 78.5 Å². The van der Waals surface area contributed by atoms with Crippen molar-refractivity contribution in [3.05, 3.63) is 59.2 Å². The largest absolute Gasteiger partial charge is 0.351 e. The lowest BCUT2D eigenvalue weighted by atomic mass is 10.1. The Morgan fingerprint density at radius 3 is 2.13 bits per heavy atom. The van der Waals surface area contributed by atoms with Crippen LogP contribution in [0.1, 0.15) is 49.2 Å². The number of carbonyl (C=O) groups excluding carboxylic acids is 1. The molecule has 2 aromatic carbocycles. The molecule has 0 atom stereocenters. The van der Waals surface area contributed by atoms with Crippen LogP contribution in [0.2, 0.25) is 0 Å². The number of carbonyl (C=O) groups is 1. The third kappa shape index (κ3) is 6.31. The van der Waals surface area contributed by atoms with Crippen LogP contribution in [-0.4, -0.2) is 44.4 Å². The smallest absolute Gasteiger partial charge is 0.261 e. The van der Waals surface area contributed by atoms with E-state index in [0.29, 0.717) is 29.9 Å². The van der Waals surface area contributed by atoms with Gasteiger partial charge >= 0.3 is 0 Å². The van der Waals surface area contributed by atoms with Crippen molar-refractivity contribution in [3.63, 3.8) is 0 Å². The monoisotopic (exact) mass is 431 g/mol. The summed E-state index contributed by atoms with van der Waals surface area (Å²) in [4.78, 5) is 15.1. The standard InChI is InChI=1S/C23H33N3O3S/c1-16(2)26(17(3)4)14-13-24-23(27)22-15-21(12-9-19(22)6)30(28,29)25-20-10-7-18(5)8-11-20/h7-12,15-17,25H,13-14H2,1-6H3,(H,24,27). The number of hydrogen-bond donors (Lipinski definition) is 2. The molecule has 0 aromatic heterocycles. The van der Waals surface area contributed by atoms with Crippen molar-refractivity contribution in [1.29, 1.82) is 0 Å². The Morgan fingerprint density at radius 2 is 1.57 bits per heavy atom. The van der Waals surface area contributed by atoms with Gasteiger partial charge in [0.05, 0.1) is 4.90 Å². The van der Waals surface area contributed by atoms with Gasteiger partial charge in [0.1, 0.15) is 0 Å². The Morgan fingerprint density at radius 1 is 0.967 bits per heavy atom. The quantitative estimate of drug-likeness (QED) is 0.630. The van der Waals surface area contributed by atoms with Gasteiger partial charge in [0.25, 0.3) is 15.9 Å². The average molecular weight is 432 g/mol. The molecule has 0 heterocycles. The zero-order chi connectivity index (χ0) is 22.5. The molecule has 6 nitrogen and oxygen atoms in total. The lowest BCUT2D eigenvalue weighted by Crippen LogP contribution is -2.42. The van der Waals surface area contributed by atoms with Crippen molar-refractivity contribution in [3.8, 4) is 0 Å². The lowest BCUT2D eigenvalue weighted by Gasteiger charge is -2.30. The van der Waals surface area contributed by atoms with Crippen LogP contribution < -0.4 is 10.0 Å². The summed E-state index contributed by atoms with van der Waals surface area (Å²) in [5.74, 6) is -0.271. The molecular weight excluding hydrogens is 398 g/mol. The Balaban J connectivity index is 2.13. The molecule has 0 aliphatic carbocycles. The van der Waals surface area contributed by atoms with Crippen LogP contribution in [0.4, 0.5) is 5.69 Å². The van der Waals surface area contributed by atoms with E-state index in [0.717, 1.165) is 17.7 Å². The zero-order valence-electron chi connectivity index (χ0n) is 18.7. The van der Waals surface area contributed by atoms with Gasteiger partial charge in [-0.15, -0.1) is 0 Å². The van der Waals surface area contributed by atoms with E-state index in [9.17, 15) is 13.2 Å². The van der Waals surface area contributed by atoms with Crippen molar-refractivity contribution in [1.82, 2.24) is 10.2 Å². The Labute approximate surface area is 180 Å². The van der Waals surface area contributed by atoms with E-state index in [1.54, 1.807) is 25.1 Å². The van der Waals surface area contributed by atoms with Crippen molar-refractivity contribution >= 4 is 21.6 Å². The van der Waals surface area contributed by atoms with Crippen LogP contribution in [0, 0.1) is 13.8 Å². The van der Waals surface area contributed by atoms with E-state index < -0.39 is 10.0 Å². The number of rotatable bonds is 9. The molecule has 0 spiro atoms. The highest BCUT2D eigenvalue weighted by molar-refractivity contribution is 7.92. The fraction of sp³-hybridized carbons (Fsp3) is 0.435. The van der Waals surface area contributed by atoms with E-state index in [1.165, 1.54) is 12.1 Å². The molecule has 2 N–H and O–H groups in total. The molecule has 0 aliphatic rings. The molecule has 0 bridgehead atoms. The summed E-state index contributed by atoms with van der Waals surface area (Å²) in [6.07, 6.45) is 0. The summed E-state index contributed by atoms with van der Waals surface area (Å²) in [7, 11) is -3.79. The first kappa shape index (κ1) is 23.9. The summed E-state index contributed by atoms with van der Waals surface area (Å²) >= 11 is 0. The highest BCUT2D eigenvalue weighted by Crippen LogP contribution is 2.20. The number of aryl methyl sites for hydroxylation is 2. The molecule has 0 saturated carbocycles. The maximum atomic E-state index is 12.8. The number of nitrogens with zero attached hydrogens (tertiary/aromatic N) is 1. The van der Waals surface area contributed by atoms with Crippen molar-refractivity contribution < 1.29 is 13.2 Å². The molecule has 1 amide bonds. The predicted octanol–water partition coefficient (Wildman–Crippen LogP) is 3.95. The van der Waals surface area contributed by atoms with Gasteiger partial charge in [-0.2, -0.15) is 0 Å². The summed E-state index contributed by atoms with van der Waals surface area (Å²) in [6, 6.07) is 12.5. The molecule has 7 heteroatoms. The van der Waals surface area contributed by atoms with Crippen LogP contribution in [0.15, 0.2) is 47.4 Å². The van der Waals surface area contributed by atoms with E-state index >= 15 is 0 Å². The molecule has 164 valence electrons. The molecule has 0 saturated heterocycles. The molecule has 2 rings (SSSR count). The molecule has 0 radical (unpaired) electrons. The second-order valence-electron chi connectivity index (χ2n) is 8.13. The maximum absolute atomic E-state index is 12.8. The molecular formula is C23H33N3O3S. The van der Waals surface area contributed by atoms with E-state index in [-0.39, 0.29) is 10.8 Å². The van der Waals surface area contributed by atoms with Crippen LogP contribution in [0.5, 0.6) is 0 Å². The maximum Gasteiger partial charge on any atom is 0.261 e. The number of nitrogens with one attached hydrogen (secondary N) is 2. The summed E-state index contributed by atoms with van der Waals surface area (Å²) in [6.45, 7) is 13.5. The third-order valence-corrected chi connectivity index (χ3v) is 6.43. The van der Waals surface area contributed by atoms with Gasteiger partial charge in [0.15, 0.2) is 0 Å². The molecule has 2 aromatic rings. The molecule has 0 unspecified atom stereocenters. The fourth-order valence-corrected chi connectivity index (χ4v) is 4.44. The summed E-state index contributed by atoms with van der Waals surface area (Å²) < 4.78 is 28.1. The third-order valence-electron chi connectivity index (χ3n) is 5.05. The van der Waals surface area contributed by atoms with Crippen LogP contribution in [-0.2, 0) is 10.0 Å². The number of anilines is 1. The number of amides is 1. The first-order valence-electron chi connectivity index (χ1n) is 10.3. The van der Waals surface area contributed by atoms with Crippen LogP contribution in [0.3, 0.4) is 0 Å². The predicted molar refractivity (Wildman–Crippen MR) is 122 cm³/mol. The van der Waals surface area contributed by atoms with E-state index in [2.05, 4.69) is 42.6 Å². The van der Waals surface area contributed by atoms with E-state index in [1.807, 2.05) is 19.1 Å². The zero-order valence-corrected chi connectivity index (χ0v) is 19.5. The number of hydrogen-bond acceptors (Lipinski definition) is 4. The van der Waals surface area contributed by atoms with Crippen molar-refractivity contribution in [2.75, 3.05) is 17.8 Å². The highest BCUT2D eigenvalue weighted by atomic mass is 32.2. The first-order chi connectivity index (χ1) is 14.0. The van der Waals surface area contributed by atoms with E-state index in [4.69, 9.17) is 0 Å². The van der Waals surface area contributed by atoms with Gasteiger partial charge in [0.2, 0.25) is 0 Å². The van der Waals surface area contributed by atoms with Gasteiger partial charge in [-0.3, -0.25) is 14.4 Å². The Hall–Kier alpha value is -2.38. The minimum Gasteiger partial charge on any atom is -0.351 e. The Bertz CT molecular complexity index is 960. The van der Waals surface area contributed by atoms with Crippen LogP contribution in [0.25, 0.3) is 0 Å². The number of sulfonamides is 1. The minimum absolute atomic E-state index is 0.0600.